The first-order chi connectivity index (χ1) is 15.5. The summed E-state index contributed by atoms with van der Waals surface area (Å²) in [5.74, 6) is 2.48. The topological polar surface area (TPSA) is 101 Å². The molecule has 0 saturated heterocycles. The lowest BCUT2D eigenvalue weighted by Crippen LogP contribution is -2.27. The standard InChI is InChI=1S/C23H26N6O3/c1-14-11-25-18(12-24-14)22-27-26-21(32-22)16-6-4-15(5-7-16)13-29-20-10-17(31-3)8-9-19(20)28(2)23(29)30/h8-12,15-16H,4-7,13H2,1-3H3. The molecule has 0 radical (unpaired) electrons. The van der Waals surface area contributed by atoms with Gasteiger partial charge < -0.3 is 9.15 Å². The van der Waals surface area contributed by atoms with Crippen molar-refractivity contribution in [2.75, 3.05) is 7.11 Å². The van der Waals surface area contributed by atoms with Crippen molar-refractivity contribution in [1.29, 1.82) is 0 Å². The van der Waals surface area contributed by atoms with Crippen LogP contribution in [-0.2, 0) is 13.6 Å². The number of rotatable bonds is 5. The highest BCUT2D eigenvalue weighted by atomic mass is 16.5. The number of aryl methyl sites for hydroxylation is 2. The Morgan fingerprint density at radius 2 is 1.91 bits per heavy atom. The highest BCUT2D eigenvalue weighted by Gasteiger charge is 2.28. The first-order valence-electron chi connectivity index (χ1n) is 10.9. The number of nitrogens with zero attached hydrogens (tertiary/aromatic N) is 6. The van der Waals surface area contributed by atoms with Gasteiger partial charge in [-0.25, -0.2) is 9.78 Å². The molecule has 1 fully saturated rings. The smallest absolute Gasteiger partial charge is 0.328 e. The molecule has 0 aliphatic heterocycles. The molecule has 166 valence electrons. The lowest BCUT2D eigenvalue weighted by atomic mass is 9.82. The fourth-order valence-corrected chi connectivity index (χ4v) is 4.55. The van der Waals surface area contributed by atoms with E-state index >= 15 is 0 Å². The van der Waals surface area contributed by atoms with E-state index in [-0.39, 0.29) is 11.6 Å². The SMILES string of the molecule is COc1ccc2c(c1)n(CC1CCC(c3nnc(-c4cnc(C)cn4)o3)CC1)c(=O)n2C. The number of hydrogen-bond acceptors (Lipinski definition) is 7. The summed E-state index contributed by atoms with van der Waals surface area (Å²) < 4.78 is 14.9. The van der Waals surface area contributed by atoms with E-state index in [4.69, 9.17) is 9.15 Å². The molecule has 4 aromatic rings. The quantitative estimate of drug-likeness (QED) is 0.474. The summed E-state index contributed by atoms with van der Waals surface area (Å²) in [7, 11) is 3.46. The van der Waals surface area contributed by atoms with Crippen molar-refractivity contribution in [1.82, 2.24) is 29.3 Å². The molecular formula is C23H26N6O3. The third kappa shape index (κ3) is 3.68. The second kappa shape index (κ2) is 8.22. The maximum Gasteiger partial charge on any atom is 0.328 e. The molecule has 1 aromatic carbocycles. The maximum atomic E-state index is 12.8. The molecule has 0 N–H and O–H groups in total. The summed E-state index contributed by atoms with van der Waals surface area (Å²) in [6, 6.07) is 5.77. The summed E-state index contributed by atoms with van der Waals surface area (Å²) in [5.41, 5.74) is 3.28. The zero-order valence-corrected chi connectivity index (χ0v) is 18.5. The van der Waals surface area contributed by atoms with Gasteiger partial charge in [0.1, 0.15) is 11.4 Å². The van der Waals surface area contributed by atoms with Gasteiger partial charge in [0.2, 0.25) is 5.89 Å². The van der Waals surface area contributed by atoms with Crippen LogP contribution in [0, 0.1) is 12.8 Å². The number of fused-ring (bicyclic) bond motifs is 1. The molecule has 0 atom stereocenters. The fraction of sp³-hybridized carbons (Fsp3) is 0.435. The second-order valence-corrected chi connectivity index (χ2v) is 8.51. The van der Waals surface area contributed by atoms with Crippen molar-refractivity contribution in [3.63, 3.8) is 0 Å². The fourth-order valence-electron chi connectivity index (χ4n) is 4.55. The highest BCUT2D eigenvalue weighted by molar-refractivity contribution is 5.77. The minimum atomic E-state index is 0.0103. The predicted molar refractivity (Wildman–Crippen MR) is 118 cm³/mol. The number of methoxy groups -OCH3 is 1. The van der Waals surface area contributed by atoms with Crippen LogP contribution in [0.4, 0.5) is 0 Å². The van der Waals surface area contributed by atoms with Gasteiger partial charge in [0.15, 0.2) is 0 Å². The van der Waals surface area contributed by atoms with Gasteiger partial charge in [-0.1, -0.05) is 0 Å². The lowest BCUT2D eigenvalue weighted by Gasteiger charge is -2.26. The van der Waals surface area contributed by atoms with Gasteiger partial charge in [-0.05, 0) is 50.7 Å². The molecule has 0 unspecified atom stereocenters. The molecule has 9 nitrogen and oxygen atoms in total. The van der Waals surface area contributed by atoms with Gasteiger partial charge in [-0.15, -0.1) is 10.2 Å². The van der Waals surface area contributed by atoms with Crippen molar-refractivity contribution < 1.29 is 9.15 Å². The van der Waals surface area contributed by atoms with Gasteiger partial charge in [-0.3, -0.25) is 14.1 Å². The summed E-state index contributed by atoms with van der Waals surface area (Å²) in [5, 5.41) is 8.43. The number of imidazole rings is 1. The lowest BCUT2D eigenvalue weighted by molar-refractivity contribution is 0.270. The van der Waals surface area contributed by atoms with Gasteiger partial charge in [0.05, 0.1) is 30.0 Å². The summed E-state index contributed by atoms with van der Waals surface area (Å²) >= 11 is 0. The molecule has 3 aromatic heterocycles. The van der Waals surface area contributed by atoms with Crippen molar-refractivity contribution in [2.45, 2.75) is 45.1 Å². The Hall–Kier alpha value is -3.49. The van der Waals surface area contributed by atoms with E-state index in [1.54, 1.807) is 24.1 Å². The predicted octanol–water partition coefficient (Wildman–Crippen LogP) is 3.47. The van der Waals surface area contributed by atoms with Crippen LogP contribution < -0.4 is 10.4 Å². The minimum Gasteiger partial charge on any atom is -0.497 e. The Kier molecular flexibility index (Phi) is 5.24. The third-order valence-electron chi connectivity index (χ3n) is 6.43. The molecule has 1 aliphatic carbocycles. The zero-order valence-electron chi connectivity index (χ0n) is 18.5. The highest BCUT2D eigenvalue weighted by Crippen LogP contribution is 2.37. The van der Waals surface area contributed by atoms with Crippen LogP contribution in [0.2, 0.25) is 0 Å². The normalized spacial score (nSPS) is 18.8. The van der Waals surface area contributed by atoms with Crippen LogP contribution in [0.15, 0.2) is 39.8 Å². The van der Waals surface area contributed by atoms with Crippen molar-refractivity contribution in [2.24, 2.45) is 13.0 Å². The van der Waals surface area contributed by atoms with Gasteiger partial charge in [-0.2, -0.15) is 0 Å². The monoisotopic (exact) mass is 434 g/mol. The summed E-state index contributed by atoms with van der Waals surface area (Å²) in [6.07, 6.45) is 7.25. The summed E-state index contributed by atoms with van der Waals surface area (Å²) in [4.78, 5) is 21.4. The molecule has 32 heavy (non-hydrogen) atoms. The number of benzene rings is 1. The van der Waals surface area contributed by atoms with E-state index in [1.807, 2.05) is 36.7 Å². The molecule has 3 heterocycles. The van der Waals surface area contributed by atoms with Gasteiger partial charge in [0, 0.05) is 31.8 Å². The largest absolute Gasteiger partial charge is 0.497 e. The molecule has 9 heteroatoms. The Morgan fingerprint density at radius 3 is 2.62 bits per heavy atom. The molecule has 1 saturated carbocycles. The number of ether oxygens (including phenoxy) is 1. The maximum absolute atomic E-state index is 12.8. The first-order valence-corrected chi connectivity index (χ1v) is 10.9. The average Bonchev–Trinajstić information content (AvgIpc) is 3.40. The molecule has 1 aliphatic rings. The van der Waals surface area contributed by atoms with Crippen molar-refractivity contribution in [3.05, 3.63) is 52.7 Å². The van der Waals surface area contributed by atoms with E-state index < -0.39 is 0 Å². The number of hydrogen-bond donors (Lipinski definition) is 0. The van der Waals surface area contributed by atoms with E-state index in [2.05, 4.69) is 20.2 Å². The minimum absolute atomic E-state index is 0.0103. The van der Waals surface area contributed by atoms with Gasteiger partial charge in [0.25, 0.3) is 5.89 Å². The van der Waals surface area contributed by atoms with Crippen LogP contribution in [0.3, 0.4) is 0 Å². The van der Waals surface area contributed by atoms with E-state index in [0.29, 0.717) is 29.9 Å². The zero-order chi connectivity index (χ0) is 22.2. The molecule has 0 amide bonds. The van der Waals surface area contributed by atoms with Crippen LogP contribution >= 0.6 is 0 Å². The number of aromatic nitrogens is 6. The summed E-state index contributed by atoms with van der Waals surface area (Å²) in [6.45, 7) is 2.58. The Labute approximate surface area is 185 Å². The second-order valence-electron chi connectivity index (χ2n) is 8.51. The Balaban J connectivity index is 1.28. The van der Waals surface area contributed by atoms with E-state index in [9.17, 15) is 4.79 Å². The Bertz CT molecular complexity index is 1300. The van der Waals surface area contributed by atoms with E-state index in [0.717, 1.165) is 48.2 Å². The Morgan fingerprint density at radius 1 is 1.09 bits per heavy atom. The average molecular weight is 435 g/mol. The van der Waals surface area contributed by atoms with Gasteiger partial charge >= 0.3 is 5.69 Å². The molecule has 0 bridgehead atoms. The third-order valence-corrected chi connectivity index (χ3v) is 6.43. The van der Waals surface area contributed by atoms with Crippen LogP contribution in [0.5, 0.6) is 5.75 Å². The van der Waals surface area contributed by atoms with Crippen LogP contribution in [0.25, 0.3) is 22.6 Å². The first kappa shape index (κ1) is 20.4. The molecule has 5 rings (SSSR count). The molecule has 0 spiro atoms. The van der Waals surface area contributed by atoms with Crippen LogP contribution in [-0.4, -0.2) is 36.4 Å². The van der Waals surface area contributed by atoms with Crippen molar-refractivity contribution >= 4 is 11.0 Å². The van der Waals surface area contributed by atoms with E-state index in [1.165, 1.54) is 0 Å². The molecular weight excluding hydrogens is 408 g/mol. The van der Waals surface area contributed by atoms with Crippen LogP contribution in [0.1, 0.15) is 43.2 Å². The van der Waals surface area contributed by atoms with Crippen molar-refractivity contribution in [3.8, 4) is 17.3 Å².